The molecule has 1 aromatic rings. The lowest BCUT2D eigenvalue weighted by atomic mass is 10.0. The Labute approximate surface area is 184 Å². The summed E-state index contributed by atoms with van der Waals surface area (Å²) in [5, 5.41) is 22.9. The van der Waals surface area contributed by atoms with Crippen molar-refractivity contribution in [2.45, 2.75) is 50.2 Å². The number of carbonyl (C=O) groups is 5. The molecule has 3 atom stereocenters. The number of benzene rings is 1. The Balaban J connectivity index is 2.02. The summed E-state index contributed by atoms with van der Waals surface area (Å²) in [4.78, 5) is 60.8. The van der Waals surface area contributed by atoms with E-state index in [1.165, 1.54) is 4.90 Å². The largest absolute Gasteiger partial charge is 0.481 e. The third-order valence-electron chi connectivity index (χ3n) is 5.17. The zero-order valence-electron chi connectivity index (χ0n) is 17.5. The molecule has 6 N–H and O–H groups in total. The number of nitrogens with two attached hydrogens (primary N) is 1. The van der Waals surface area contributed by atoms with Gasteiger partial charge in [0.2, 0.25) is 17.7 Å². The number of carboxylic acid groups (broad SMARTS) is 2. The summed E-state index contributed by atoms with van der Waals surface area (Å²) >= 11 is 0. The van der Waals surface area contributed by atoms with Crippen LogP contribution in [0.2, 0.25) is 0 Å². The molecule has 174 valence electrons. The lowest BCUT2D eigenvalue weighted by molar-refractivity contribution is -0.149. The molecule has 0 bridgehead atoms. The predicted octanol–water partition coefficient (Wildman–Crippen LogP) is -0.902. The second kappa shape index (κ2) is 11.8. The van der Waals surface area contributed by atoms with E-state index in [0.717, 1.165) is 5.56 Å². The van der Waals surface area contributed by atoms with Gasteiger partial charge in [-0.3, -0.25) is 19.2 Å². The zero-order valence-corrected chi connectivity index (χ0v) is 17.5. The number of rotatable bonds is 11. The minimum Gasteiger partial charge on any atom is -0.481 e. The molecule has 1 fully saturated rings. The van der Waals surface area contributed by atoms with Gasteiger partial charge in [-0.15, -0.1) is 0 Å². The van der Waals surface area contributed by atoms with E-state index >= 15 is 0 Å². The maximum absolute atomic E-state index is 13.1. The smallest absolute Gasteiger partial charge is 0.326 e. The summed E-state index contributed by atoms with van der Waals surface area (Å²) in [7, 11) is 0. The van der Waals surface area contributed by atoms with E-state index in [1.807, 2.05) is 6.07 Å². The highest BCUT2D eigenvalue weighted by Crippen LogP contribution is 2.19. The monoisotopic (exact) mass is 448 g/mol. The van der Waals surface area contributed by atoms with E-state index in [-0.39, 0.29) is 25.8 Å². The number of amides is 3. The van der Waals surface area contributed by atoms with Crippen LogP contribution >= 0.6 is 0 Å². The standard InChI is InChI=1S/C21H28N4O7/c22-14(8-9-18(27)28)19(29)23-12-17(26)24-15(11-13-5-2-1-3-6-13)20(30)25-10-4-7-16(25)21(31)32/h1-3,5-6,14-16H,4,7-12,22H2,(H,23,29)(H,24,26)(H,27,28)(H,31,32). The van der Waals surface area contributed by atoms with Crippen molar-refractivity contribution >= 4 is 29.7 Å². The van der Waals surface area contributed by atoms with E-state index in [9.17, 15) is 29.1 Å². The molecular weight excluding hydrogens is 420 g/mol. The van der Waals surface area contributed by atoms with Crippen LogP contribution in [-0.4, -0.2) is 76.0 Å². The summed E-state index contributed by atoms with van der Waals surface area (Å²) in [5.74, 6) is -4.02. The first kappa shape index (κ1) is 24.8. The number of likely N-dealkylation sites (tertiary alicyclic amines) is 1. The minimum absolute atomic E-state index is 0.0799. The van der Waals surface area contributed by atoms with Crippen molar-refractivity contribution in [2.24, 2.45) is 5.73 Å². The van der Waals surface area contributed by atoms with Crippen LogP contribution in [0.1, 0.15) is 31.2 Å². The molecule has 3 amide bonds. The molecule has 11 heteroatoms. The lowest BCUT2D eigenvalue weighted by Gasteiger charge is -2.27. The maximum atomic E-state index is 13.1. The number of hydrogen-bond acceptors (Lipinski definition) is 6. The molecule has 1 aliphatic rings. The predicted molar refractivity (Wildman–Crippen MR) is 112 cm³/mol. The topological polar surface area (TPSA) is 179 Å². The van der Waals surface area contributed by atoms with E-state index < -0.39 is 54.3 Å². The number of nitrogens with zero attached hydrogens (tertiary/aromatic N) is 1. The van der Waals surface area contributed by atoms with Gasteiger partial charge in [-0.2, -0.15) is 0 Å². The fourth-order valence-corrected chi connectivity index (χ4v) is 3.49. The molecule has 11 nitrogen and oxygen atoms in total. The fraction of sp³-hybridized carbons (Fsp3) is 0.476. The molecule has 0 aliphatic carbocycles. The summed E-state index contributed by atoms with van der Waals surface area (Å²) in [5.41, 5.74) is 6.38. The van der Waals surface area contributed by atoms with E-state index in [2.05, 4.69) is 10.6 Å². The van der Waals surface area contributed by atoms with Crippen molar-refractivity contribution < 1.29 is 34.2 Å². The Morgan fingerprint density at radius 1 is 1.12 bits per heavy atom. The van der Waals surface area contributed by atoms with Crippen LogP contribution in [0.15, 0.2) is 30.3 Å². The van der Waals surface area contributed by atoms with Gasteiger partial charge < -0.3 is 31.5 Å². The highest BCUT2D eigenvalue weighted by atomic mass is 16.4. The summed E-state index contributed by atoms with van der Waals surface area (Å²) in [6.45, 7) is -0.174. The zero-order chi connectivity index (χ0) is 23.7. The molecule has 1 saturated heterocycles. The molecule has 32 heavy (non-hydrogen) atoms. The van der Waals surface area contributed by atoms with Crippen molar-refractivity contribution in [3.8, 4) is 0 Å². The number of hydrogen-bond donors (Lipinski definition) is 5. The van der Waals surface area contributed by atoms with E-state index in [4.69, 9.17) is 10.8 Å². The molecule has 0 aromatic heterocycles. The molecule has 2 rings (SSSR count). The van der Waals surface area contributed by atoms with Gasteiger partial charge in [0.15, 0.2) is 0 Å². The third-order valence-corrected chi connectivity index (χ3v) is 5.17. The van der Waals surface area contributed by atoms with Gasteiger partial charge in [-0.25, -0.2) is 4.79 Å². The average Bonchev–Trinajstić information content (AvgIpc) is 3.25. The van der Waals surface area contributed by atoms with E-state index in [0.29, 0.717) is 12.8 Å². The Bertz CT molecular complexity index is 846. The fourth-order valence-electron chi connectivity index (χ4n) is 3.49. The first-order chi connectivity index (χ1) is 15.2. The van der Waals surface area contributed by atoms with Gasteiger partial charge in [-0.1, -0.05) is 30.3 Å². The molecular formula is C21H28N4O7. The Kier molecular flexibility index (Phi) is 9.14. The first-order valence-electron chi connectivity index (χ1n) is 10.3. The van der Waals surface area contributed by atoms with Crippen molar-refractivity contribution in [1.82, 2.24) is 15.5 Å². The van der Waals surface area contributed by atoms with Gasteiger partial charge in [-0.05, 0) is 24.8 Å². The van der Waals surface area contributed by atoms with Crippen LogP contribution in [0, 0.1) is 0 Å². The highest BCUT2D eigenvalue weighted by Gasteiger charge is 2.37. The molecule has 0 spiro atoms. The Morgan fingerprint density at radius 2 is 1.81 bits per heavy atom. The molecule has 0 saturated carbocycles. The van der Waals surface area contributed by atoms with E-state index in [1.54, 1.807) is 24.3 Å². The van der Waals surface area contributed by atoms with Gasteiger partial charge in [0, 0.05) is 19.4 Å². The Morgan fingerprint density at radius 3 is 2.44 bits per heavy atom. The van der Waals surface area contributed by atoms with Crippen molar-refractivity contribution in [3.63, 3.8) is 0 Å². The van der Waals surface area contributed by atoms with Crippen LogP contribution in [0.5, 0.6) is 0 Å². The van der Waals surface area contributed by atoms with Crippen LogP contribution < -0.4 is 16.4 Å². The normalized spacial score (nSPS) is 17.3. The van der Waals surface area contributed by atoms with Crippen LogP contribution in [0.25, 0.3) is 0 Å². The number of aliphatic carboxylic acids is 2. The first-order valence-corrected chi connectivity index (χ1v) is 10.3. The summed E-state index contributed by atoms with van der Waals surface area (Å²) in [6.07, 6.45) is 0.690. The SMILES string of the molecule is NC(CCC(=O)O)C(=O)NCC(=O)NC(Cc1ccccc1)C(=O)N1CCCC1C(=O)O. The van der Waals surface area contributed by atoms with Crippen molar-refractivity contribution in [1.29, 1.82) is 0 Å². The molecule has 1 aliphatic heterocycles. The third kappa shape index (κ3) is 7.34. The summed E-state index contributed by atoms with van der Waals surface area (Å²) < 4.78 is 0. The molecule has 1 heterocycles. The Hall–Kier alpha value is -3.47. The number of carbonyl (C=O) groups excluding carboxylic acids is 3. The quantitative estimate of drug-likeness (QED) is 0.289. The minimum atomic E-state index is -1.09. The average molecular weight is 448 g/mol. The van der Waals surface area contributed by atoms with Crippen LogP contribution in [-0.2, 0) is 30.4 Å². The van der Waals surface area contributed by atoms with Gasteiger partial charge in [0.25, 0.3) is 0 Å². The molecule has 1 aromatic carbocycles. The number of carboxylic acids is 2. The highest BCUT2D eigenvalue weighted by molar-refractivity contribution is 5.93. The lowest BCUT2D eigenvalue weighted by Crippen LogP contribution is -2.54. The van der Waals surface area contributed by atoms with Gasteiger partial charge in [0.1, 0.15) is 12.1 Å². The van der Waals surface area contributed by atoms with Gasteiger partial charge >= 0.3 is 11.9 Å². The second-order valence-corrected chi connectivity index (χ2v) is 7.59. The van der Waals surface area contributed by atoms with Gasteiger partial charge in [0.05, 0.1) is 12.6 Å². The van der Waals surface area contributed by atoms with Crippen molar-refractivity contribution in [2.75, 3.05) is 13.1 Å². The number of nitrogens with one attached hydrogen (secondary N) is 2. The maximum Gasteiger partial charge on any atom is 0.326 e. The molecule has 0 radical (unpaired) electrons. The van der Waals surface area contributed by atoms with Crippen molar-refractivity contribution in [3.05, 3.63) is 35.9 Å². The molecule has 3 unspecified atom stereocenters. The second-order valence-electron chi connectivity index (χ2n) is 7.59. The van der Waals surface area contributed by atoms with Crippen LogP contribution in [0.4, 0.5) is 0 Å². The summed E-state index contributed by atoms with van der Waals surface area (Å²) in [6, 6.07) is 5.92. The van der Waals surface area contributed by atoms with Crippen LogP contribution in [0.3, 0.4) is 0 Å².